The molecular formula is C20H32N2O. The van der Waals surface area contributed by atoms with Crippen LogP contribution in [0.4, 0.5) is 0 Å². The Morgan fingerprint density at radius 3 is 2.52 bits per heavy atom. The topological polar surface area (TPSA) is 32.3 Å². The Labute approximate surface area is 141 Å². The summed E-state index contributed by atoms with van der Waals surface area (Å²) in [7, 11) is 1.96. The summed E-state index contributed by atoms with van der Waals surface area (Å²) in [6.45, 7) is 8.80. The van der Waals surface area contributed by atoms with Crippen LogP contribution in [0.1, 0.15) is 51.6 Å². The molecule has 1 aliphatic rings. The lowest BCUT2D eigenvalue weighted by Gasteiger charge is -2.34. The summed E-state index contributed by atoms with van der Waals surface area (Å²) in [6.07, 6.45) is 3.13. The van der Waals surface area contributed by atoms with Crippen molar-refractivity contribution >= 4 is 5.91 Å². The smallest absolute Gasteiger partial charge is 0.223 e. The van der Waals surface area contributed by atoms with E-state index >= 15 is 0 Å². The Morgan fingerprint density at radius 1 is 1.26 bits per heavy atom. The summed E-state index contributed by atoms with van der Waals surface area (Å²) in [5.74, 6) is 1.75. The molecule has 0 radical (unpaired) electrons. The summed E-state index contributed by atoms with van der Waals surface area (Å²) in [5.41, 5.74) is 1.23. The molecule has 3 unspecified atom stereocenters. The Kier molecular flexibility index (Phi) is 6.64. The molecule has 3 heteroatoms. The Hall–Kier alpha value is -1.35. The van der Waals surface area contributed by atoms with Gasteiger partial charge in [-0.3, -0.25) is 4.79 Å². The number of carbonyl (C=O) groups is 1. The molecule has 1 aromatic carbocycles. The third-order valence-corrected chi connectivity index (χ3v) is 5.22. The minimum absolute atomic E-state index is 0.153. The Balaban J connectivity index is 2.01. The molecule has 0 spiro atoms. The molecule has 128 valence electrons. The van der Waals surface area contributed by atoms with Crippen molar-refractivity contribution in [1.82, 2.24) is 10.2 Å². The van der Waals surface area contributed by atoms with Crippen molar-refractivity contribution in [3.63, 3.8) is 0 Å². The first-order valence-electron chi connectivity index (χ1n) is 9.02. The number of nitrogens with one attached hydrogen (secondary N) is 1. The van der Waals surface area contributed by atoms with E-state index in [4.69, 9.17) is 0 Å². The second-order valence-electron chi connectivity index (χ2n) is 7.39. The normalized spacial score (nSPS) is 21.0. The van der Waals surface area contributed by atoms with Gasteiger partial charge in [-0.25, -0.2) is 0 Å². The van der Waals surface area contributed by atoms with Gasteiger partial charge in [0.05, 0.1) is 6.04 Å². The fourth-order valence-corrected chi connectivity index (χ4v) is 3.81. The van der Waals surface area contributed by atoms with E-state index < -0.39 is 0 Å². The van der Waals surface area contributed by atoms with Crippen molar-refractivity contribution in [3.8, 4) is 0 Å². The van der Waals surface area contributed by atoms with Crippen LogP contribution in [0.3, 0.4) is 0 Å². The van der Waals surface area contributed by atoms with Gasteiger partial charge in [0.15, 0.2) is 0 Å². The average molecular weight is 316 g/mol. The number of benzene rings is 1. The van der Waals surface area contributed by atoms with Crippen LogP contribution < -0.4 is 5.32 Å². The minimum atomic E-state index is 0.153. The van der Waals surface area contributed by atoms with Gasteiger partial charge in [0.1, 0.15) is 0 Å². The zero-order chi connectivity index (χ0) is 16.8. The Bertz CT molecular complexity index is 480. The molecule has 1 saturated heterocycles. The summed E-state index contributed by atoms with van der Waals surface area (Å²) >= 11 is 0. The second kappa shape index (κ2) is 8.49. The van der Waals surface area contributed by atoms with Crippen molar-refractivity contribution in [3.05, 3.63) is 35.9 Å². The maximum atomic E-state index is 12.8. The predicted molar refractivity (Wildman–Crippen MR) is 96.2 cm³/mol. The summed E-state index contributed by atoms with van der Waals surface area (Å²) in [4.78, 5) is 14.8. The van der Waals surface area contributed by atoms with E-state index in [1.54, 1.807) is 0 Å². The number of hydrogen-bond acceptors (Lipinski definition) is 2. The van der Waals surface area contributed by atoms with Gasteiger partial charge < -0.3 is 10.2 Å². The fourth-order valence-electron chi connectivity index (χ4n) is 3.81. The van der Waals surface area contributed by atoms with Crippen LogP contribution in [0.15, 0.2) is 30.3 Å². The molecule has 0 aliphatic carbocycles. The molecule has 3 atom stereocenters. The molecule has 0 saturated carbocycles. The summed E-state index contributed by atoms with van der Waals surface area (Å²) < 4.78 is 0. The fraction of sp³-hybridized carbons (Fsp3) is 0.650. The van der Waals surface area contributed by atoms with E-state index in [2.05, 4.69) is 50.4 Å². The first-order chi connectivity index (χ1) is 11.0. The summed E-state index contributed by atoms with van der Waals surface area (Å²) in [6, 6.07) is 10.5. The van der Waals surface area contributed by atoms with Crippen molar-refractivity contribution in [2.75, 3.05) is 20.1 Å². The van der Waals surface area contributed by atoms with E-state index in [0.717, 1.165) is 13.1 Å². The highest BCUT2D eigenvalue weighted by molar-refractivity contribution is 5.76. The molecule has 23 heavy (non-hydrogen) atoms. The van der Waals surface area contributed by atoms with E-state index in [1.165, 1.54) is 18.4 Å². The van der Waals surface area contributed by atoms with Crippen molar-refractivity contribution in [2.24, 2.45) is 17.8 Å². The van der Waals surface area contributed by atoms with Gasteiger partial charge in [-0.05, 0) is 49.2 Å². The lowest BCUT2D eigenvalue weighted by atomic mass is 9.85. The summed E-state index contributed by atoms with van der Waals surface area (Å²) in [5, 5.41) is 3.46. The third-order valence-electron chi connectivity index (χ3n) is 5.22. The quantitative estimate of drug-likeness (QED) is 0.864. The number of piperidine rings is 1. The highest BCUT2D eigenvalue weighted by Crippen LogP contribution is 2.30. The van der Waals surface area contributed by atoms with Gasteiger partial charge in [0, 0.05) is 13.5 Å². The van der Waals surface area contributed by atoms with Crippen LogP contribution >= 0.6 is 0 Å². The molecule has 2 rings (SSSR count). The van der Waals surface area contributed by atoms with Crippen molar-refractivity contribution in [2.45, 2.75) is 46.1 Å². The number of amides is 1. The molecule has 1 heterocycles. The number of hydrogen-bond donors (Lipinski definition) is 1. The van der Waals surface area contributed by atoms with Crippen molar-refractivity contribution in [1.29, 1.82) is 0 Å². The van der Waals surface area contributed by atoms with E-state index in [-0.39, 0.29) is 11.9 Å². The van der Waals surface area contributed by atoms with Gasteiger partial charge in [0.2, 0.25) is 5.91 Å². The van der Waals surface area contributed by atoms with Crippen LogP contribution in [0.25, 0.3) is 0 Å². The Morgan fingerprint density at radius 2 is 1.96 bits per heavy atom. The van der Waals surface area contributed by atoms with Crippen molar-refractivity contribution < 1.29 is 4.79 Å². The van der Waals surface area contributed by atoms with Crippen LogP contribution in [0.5, 0.6) is 0 Å². The molecular weight excluding hydrogens is 284 g/mol. The monoisotopic (exact) mass is 316 g/mol. The number of carbonyl (C=O) groups excluding carboxylic acids is 1. The molecule has 1 fully saturated rings. The first kappa shape index (κ1) is 18.0. The highest BCUT2D eigenvalue weighted by atomic mass is 16.2. The maximum absolute atomic E-state index is 12.8. The van der Waals surface area contributed by atoms with Gasteiger partial charge in [-0.1, -0.05) is 51.1 Å². The molecule has 1 aliphatic heterocycles. The highest BCUT2D eigenvalue weighted by Gasteiger charge is 2.28. The zero-order valence-corrected chi connectivity index (χ0v) is 15.1. The van der Waals surface area contributed by atoms with Gasteiger partial charge in [0.25, 0.3) is 0 Å². The lowest BCUT2D eigenvalue weighted by molar-refractivity contribution is -0.134. The zero-order valence-electron chi connectivity index (χ0n) is 15.1. The van der Waals surface area contributed by atoms with E-state index in [0.29, 0.717) is 24.2 Å². The SMILES string of the molecule is CC(C)C(c1ccccc1)N(C)C(=O)CC(C)C1CCCNC1. The molecule has 1 aromatic rings. The number of nitrogens with zero attached hydrogens (tertiary/aromatic N) is 1. The van der Waals surface area contributed by atoms with E-state index in [1.807, 2.05) is 18.0 Å². The molecule has 1 N–H and O–H groups in total. The maximum Gasteiger partial charge on any atom is 0.223 e. The van der Waals surface area contributed by atoms with Crippen LogP contribution in [0.2, 0.25) is 0 Å². The standard InChI is InChI=1S/C20H32N2O/c1-15(2)20(17-9-6-5-7-10-17)22(4)19(23)13-16(3)18-11-8-12-21-14-18/h5-7,9-10,15-16,18,20-21H,8,11-14H2,1-4H3. The van der Waals surface area contributed by atoms with Crippen LogP contribution in [-0.4, -0.2) is 30.9 Å². The molecule has 1 amide bonds. The first-order valence-corrected chi connectivity index (χ1v) is 9.02. The van der Waals surface area contributed by atoms with Gasteiger partial charge in [-0.2, -0.15) is 0 Å². The van der Waals surface area contributed by atoms with Gasteiger partial charge in [-0.15, -0.1) is 0 Å². The van der Waals surface area contributed by atoms with Crippen LogP contribution in [0, 0.1) is 17.8 Å². The van der Waals surface area contributed by atoms with E-state index in [9.17, 15) is 4.79 Å². The third kappa shape index (κ3) is 4.81. The average Bonchev–Trinajstić information content (AvgIpc) is 2.56. The largest absolute Gasteiger partial charge is 0.338 e. The van der Waals surface area contributed by atoms with Crippen LogP contribution in [-0.2, 0) is 4.79 Å². The molecule has 3 nitrogen and oxygen atoms in total. The second-order valence-corrected chi connectivity index (χ2v) is 7.39. The van der Waals surface area contributed by atoms with Gasteiger partial charge >= 0.3 is 0 Å². The molecule has 0 aromatic heterocycles. The number of rotatable bonds is 6. The predicted octanol–water partition coefficient (Wildman–Crippen LogP) is 3.87. The lowest BCUT2D eigenvalue weighted by Crippen LogP contribution is -2.38. The minimum Gasteiger partial charge on any atom is -0.338 e. The molecule has 0 bridgehead atoms.